The number of pyridine rings is 1. The molecule has 0 radical (unpaired) electrons. The van der Waals surface area contributed by atoms with Gasteiger partial charge in [-0.05, 0) is 43.4 Å². The number of aliphatic hydroxyl groups is 1. The van der Waals surface area contributed by atoms with Crippen molar-refractivity contribution in [2.75, 3.05) is 6.54 Å². The van der Waals surface area contributed by atoms with Crippen molar-refractivity contribution in [1.29, 1.82) is 0 Å². The molecule has 3 rings (SSSR count). The SMILES string of the molecule is Cc1cccnc1CNC(=O)N1CCCC1CC(O)c1ccccc1. The van der Waals surface area contributed by atoms with E-state index in [4.69, 9.17) is 0 Å². The largest absolute Gasteiger partial charge is 0.388 e. The Morgan fingerprint density at radius 3 is 2.88 bits per heavy atom. The molecule has 0 bridgehead atoms. The van der Waals surface area contributed by atoms with Crippen LogP contribution in [0.1, 0.15) is 42.2 Å². The quantitative estimate of drug-likeness (QED) is 0.879. The van der Waals surface area contributed by atoms with Crippen LogP contribution in [0.2, 0.25) is 0 Å². The summed E-state index contributed by atoms with van der Waals surface area (Å²) in [4.78, 5) is 18.7. The standard InChI is InChI=1S/C20H25N3O2/c1-15-7-5-11-21-18(15)14-22-20(25)23-12-6-10-17(23)13-19(24)16-8-3-2-4-9-16/h2-5,7-9,11,17,19,24H,6,10,12-14H2,1H3,(H,22,25). The second kappa shape index (κ2) is 8.12. The summed E-state index contributed by atoms with van der Waals surface area (Å²) in [5.41, 5.74) is 2.86. The van der Waals surface area contributed by atoms with Crippen LogP contribution in [0.3, 0.4) is 0 Å². The maximum atomic E-state index is 12.6. The number of amides is 2. The Labute approximate surface area is 148 Å². The minimum Gasteiger partial charge on any atom is -0.388 e. The fraction of sp³-hybridized carbons (Fsp3) is 0.400. The zero-order valence-corrected chi connectivity index (χ0v) is 14.6. The highest BCUT2D eigenvalue weighted by Gasteiger charge is 2.30. The van der Waals surface area contributed by atoms with Crippen molar-refractivity contribution in [1.82, 2.24) is 15.2 Å². The number of carbonyl (C=O) groups excluding carboxylic acids is 1. The molecule has 2 atom stereocenters. The first-order chi connectivity index (χ1) is 12.1. The van der Waals surface area contributed by atoms with Crippen LogP contribution >= 0.6 is 0 Å². The molecule has 0 aliphatic carbocycles. The number of aromatic nitrogens is 1. The van der Waals surface area contributed by atoms with Gasteiger partial charge in [-0.3, -0.25) is 4.98 Å². The highest BCUT2D eigenvalue weighted by Crippen LogP contribution is 2.27. The number of nitrogens with zero attached hydrogens (tertiary/aromatic N) is 2. The first-order valence-corrected chi connectivity index (χ1v) is 8.83. The summed E-state index contributed by atoms with van der Waals surface area (Å²) in [6.45, 7) is 3.15. The van der Waals surface area contributed by atoms with Gasteiger partial charge >= 0.3 is 6.03 Å². The van der Waals surface area contributed by atoms with Gasteiger partial charge in [0.25, 0.3) is 0 Å². The molecule has 1 aromatic carbocycles. The van der Waals surface area contributed by atoms with Crippen molar-refractivity contribution in [2.24, 2.45) is 0 Å². The number of hydrogen-bond acceptors (Lipinski definition) is 3. The lowest BCUT2D eigenvalue weighted by atomic mass is 10.0. The number of hydrogen-bond donors (Lipinski definition) is 2. The lowest BCUT2D eigenvalue weighted by molar-refractivity contribution is 0.126. The summed E-state index contributed by atoms with van der Waals surface area (Å²) < 4.78 is 0. The molecule has 1 aliphatic heterocycles. The van der Waals surface area contributed by atoms with E-state index in [0.29, 0.717) is 13.0 Å². The summed E-state index contributed by atoms with van der Waals surface area (Å²) >= 11 is 0. The molecule has 2 unspecified atom stereocenters. The third-order valence-corrected chi connectivity index (χ3v) is 4.84. The molecule has 2 heterocycles. The van der Waals surface area contributed by atoms with Crippen molar-refractivity contribution in [3.63, 3.8) is 0 Å². The van der Waals surface area contributed by atoms with Gasteiger partial charge in [0.2, 0.25) is 0 Å². The molecule has 5 nitrogen and oxygen atoms in total. The van der Waals surface area contributed by atoms with E-state index >= 15 is 0 Å². The highest BCUT2D eigenvalue weighted by atomic mass is 16.3. The molecule has 0 spiro atoms. The van der Waals surface area contributed by atoms with Crippen molar-refractivity contribution in [3.05, 3.63) is 65.5 Å². The molecule has 132 valence electrons. The number of urea groups is 1. The van der Waals surface area contributed by atoms with Gasteiger partial charge in [0.15, 0.2) is 0 Å². The Morgan fingerprint density at radius 1 is 1.32 bits per heavy atom. The Kier molecular flexibility index (Phi) is 5.66. The third-order valence-electron chi connectivity index (χ3n) is 4.84. The normalized spacial score (nSPS) is 18.2. The van der Waals surface area contributed by atoms with Gasteiger partial charge < -0.3 is 15.3 Å². The lowest BCUT2D eigenvalue weighted by Crippen LogP contribution is -2.43. The highest BCUT2D eigenvalue weighted by molar-refractivity contribution is 5.74. The number of likely N-dealkylation sites (tertiary alicyclic amines) is 1. The van der Waals surface area contributed by atoms with Crippen LogP contribution in [0.5, 0.6) is 0 Å². The van der Waals surface area contributed by atoms with Crippen LogP contribution in [0.4, 0.5) is 4.79 Å². The van der Waals surface area contributed by atoms with Gasteiger partial charge in [0, 0.05) is 18.8 Å². The summed E-state index contributed by atoms with van der Waals surface area (Å²) in [5, 5.41) is 13.4. The van der Waals surface area contributed by atoms with Gasteiger partial charge in [0.1, 0.15) is 0 Å². The smallest absolute Gasteiger partial charge is 0.317 e. The maximum absolute atomic E-state index is 12.6. The Balaban J connectivity index is 1.57. The van der Waals surface area contributed by atoms with Gasteiger partial charge in [-0.25, -0.2) is 4.79 Å². The molecule has 0 saturated carbocycles. The van der Waals surface area contributed by atoms with Crippen LogP contribution in [0.15, 0.2) is 48.7 Å². The van der Waals surface area contributed by atoms with E-state index in [-0.39, 0.29) is 12.1 Å². The molecule has 5 heteroatoms. The lowest BCUT2D eigenvalue weighted by Gasteiger charge is -2.27. The Morgan fingerprint density at radius 2 is 2.12 bits per heavy atom. The number of aryl methyl sites for hydroxylation is 1. The number of nitrogens with one attached hydrogen (secondary N) is 1. The van der Waals surface area contributed by atoms with Crippen molar-refractivity contribution in [3.8, 4) is 0 Å². The average Bonchev–Trinajstić information content (AvgIpc) is 3.09. The maximum Gasteiger partial charge on any atom is 0.317 e. The molecule has 1 saturated heterocycles. The fourth-order valence-electron chi connectivity index (χ4n) is 3.38. The third kappa shape index (κ3) is 4.37. The number of carbonyl (C=O) groups is 1. The second-order valence-corrected chi connectivity index (χ2v) is 6.58. The summed E-state index contributed by atoms with van der Waals surface area (Å²) in [7, 11) is 0. The van der Waals surface area contributed by atoms with Crippen LogP contribution in [-0.2, 0) is 6.54 Å². The minimum atomic E-state index is -0.544. The van der Waals surface area contributed by atoms with E-state index in [9.17, 15) is 9.90 Å². The predicted octanol–water partition coefficient (Wildman–Crippen LogP) is 3.19. The molecule has 25 heavy (non-hydrogen) atoms. The topological polar surface area (TPSA) is 65.5 Å². The Hall–Kier alpha value is -2.40. The van der Waals surface area contributed by atoms with Gasteiger partial charge in [-0.1, -0.05) is 36.4 Å². The first-order valence-electron chi connectivity index (χ1n) is 8.83. The van der Waals surface area contributed by atoms with Gasteiger partial charge in [0.05, 0.1) is 18.3 Å². The minimum absolute atomic E-state index is 0.0695. The molecule has 1 fully saturated rings. The van der Waals surface area contributed by atoms with Gasteiger partial charge in [-0.2, -0.15) is 0 Å². The van der Waals surface area contributed by atoms with Crippen molar-refractivity contribution in [2.45, 2.75) is 44.9 Å². The molecule has 2 amide bonds. The van der Waals surface area contributed by atoms with E-state index in [1.807, 2.05) is 54.3 Å². The molecular weight excluding hydrogens is 314 g/mol. The molecule has 2 aromatic rings. The first kappa shape index (κ1) is 17.4. The summed E-state index contributed by atoms with van der Waals surface area (Å²) in [6.07, 6.45) is 3.67. The molecular formula is C20H25N3O2. The van der Waals surface area contributed by atoms with Crippen LogP contribution in [0.25, 0.3) is 0 Å². The fourth-order valence-corrected chi connectivity index (χ4v) is 3.38. The Bertz CT molecular complexity index is 705. The average molecular weight is 339 g/mol. The zero-order chi connectivity index (χ0) is 17.6. The summed E-state index contributed by atoms with van der Waals surface area (Å²) in [5.74, 6) is 0. The van der Waals surface area contributed by atoms with Crippen LogP contribution in [-0.4, -0.2) is 33.6 Å². The van der Waals surface area contributed by atoms with Gasteiger partial charge in [-0.15, -0.1) is 0 Å². The van der Waals surface area contributed by atoms with Crippen LogP contribution < -0.4 is 5.32 Å². The number of rotatable bonds is 5. The zero-order valence-electron chi connectivity index (χ0n) is 14.6. The molecule has 1 aliphatic rings. The molecule has 1 aromatic heterocycles. The molecule has 2 N–H and O–H groups in total. The summed E-state index contributed by atoms with van der Waals surface area (Å²) in [6, 6.07) is 13.5. The number of benzene rings is 1. The van der Waals surface area contributed by atoms with Crippen molar-refractivity contribution < 1.29 is 9.90 Å². The van der Waals surface area contributed by atoms with E-state index < -0.39 is 6.10 Å². The van der Waals surface area contributed by atoms with E-state index in [1.165, 1.54) is 0 Å². The van der Waals surface area contributed by atoms with E-state index in [2.05, 4.69) is 10.3 Å². The predicted molar refractivity (Wildman–Crippen MR) is 97.0 cm³/mol. The van der Waals surface area contributed by atoms with Crippen LogP contribution in [0, 0.1) is 6.92 Å². The number of aliphatic hydroxyl groups excluding tert-OH is 1. The second-order valence-electron chi connectivity index (χ2n) is 6.58. The monoisotopic (exact) mass is 339 g/mol. The van der Waals surface area contributed by atoms with E-state index in [1.54, 1.807) is 6.20 Å². The van der Waals surface area contributed by atoms with E-state index in [0.717, 1.165) is 36.2 Å². The van der Waals surface area contributed by atoms with Crippen molar-refractivity contribution >= 4 is 6.03 Å².